The maximum Gasteiger partial charge on any atom is 0.405 e. The van der Waals surface area contributed by atoms with Crippen molar-refractivity contribution in [2.75, 3.05) is 32.7 Å². The lowest BCUT2D eigenvalue weighted by Gasteiger charge is -2.35. The first-order valence-corrected chi connectivity index (χ1v) is 7.35. The van der Waals surface area contributed by atoms with Crippen LogP contribution in [0.1, 0.15) is 15.9 Å². The quantitative estimate of drug-likeness (QED) is 0.799. The molecule has 1 aromatic rings. The van der Waals surface area contributed by atoms with E-state index in [2.05, 4.69) is 10.6 Å². The number of amides is 1. The normalized spacial score (nSPS) is 17.0. The zero-order valence-electron chi connectivity index (χ0n) is 13.1. The van der Waals surface area contributed by atoms with Crippen LogP contribution in [0.25, 0.3) is 0 Å². The lowest BCUT2D eigenvalue weighted by atomic mass is 10.1. The fourth-order valence-corrected chi connectivity index (χ4v) is 2.54. The molecule has 1 aliphatic heterocycles. The summed E-state index contributed by atoms with van der Waals surface area (Å²) in [7, 11) is 0. The van der Waals surface area contributed by atoms with Crippen LogP contribution in [-0.4, -0.2) is 55.7 Å². The fourth-order valence-electron chi connectivity index (χ4n) is 2.54. The van der Waals surface area contributed by atoms with Gasteiger partial charge in [0.15, 0.2) is 0 Å². The summed E-state index contributed by atoms with van der Waals surface area (Å²) >= 11 is 0. The maximum atomic E-state index is 13.6. The van der Waals surface area contributed by atoms with E-state index >= 15 is 0 Å². The second-order valence-electron chi connectivity index (χ2n) is 5.54. The Morgan fingerprint density at radius 2 is 1.96 bits per heavy atom. The highest BCUT2D eigenvalue weighted by molar-refractivity contribution is 5.94. The molecule has 2 rings (SSSR count). The molecule has 0 bridgehead atoms. The van der Waals surface area contributed by atoms with Crippen LogP contribution in [-0.2, 0) is 0 Å². The van der Waals surface area contributed by atoms with Gasteiger partial charge >= 0.3 is 6.18 Å². The summed E-state index contributed by atoms with van der Waals surface area (Å²) in [5, 5.41) is 5.19. The second kappa shape index (κ2) is 8.64. The molecular formula is C15H20ClF4N3O. The molecule has 0 saturated carbocycles. The summed E-state index contributed by atoms with van der Waals surface area (Å²) in [5.74, 6) is -1.59. The molecule has 1 saturated heterocycles. The number of halogens is 5. The molecule has 24 heavy (non-hydrogen) atoms. The standard InChI is InChI=1S/C15H19F4N3O.ClH/c1-10-2-3-12(16)11(8-10)14(23)21-9-13(15(17,18)19)22-6-4-20-5-7-22;/h2-3,8,13,20H,4-7,9H2,1H3,(H,21,23);1H. The number of benzene rings is 1. The smallest absolute Gasteiger partial charge is 0.350 e. The third kappa shape index (κ3) is 5.32. The zero-order chi connectivity index (χ0) is 17.0. The Kier molecular flexibility index (Phi) is 7.44. The summed E-state index contributed by atoms with van der Waals surface area (Å²) in [5.41, 5.74) is 0.414. The Morgan fingerprint density at radius 1 is 1.33 bits per heavy atom. The molecule has 1 amide bonds. The number of aryl methyl sites for hydroxylation is 1. The Labute approximate surface area is 144 Å². The largest absolute Gasteiger partial charge is 0.405 e. The van der Waals surface area contributed by atoms with Crippen molar-refractivity contribution in [1.82, 2.24) is 15.5 Å². The SMILES string of the molecule is Cc1ccc(F)c(C(=O)NCC(N2CCNCC2)C(F)(F)F)c1.Cl. The average molecular weight is 370 g/mol. The minimum absolute atomic E-state index is 0. The fraction of sp³-hybridized carbons (Fsp3) is 0.533. The second-order valence-corrected chi connectivity index (χ2v) is 5.54. The predicted octanol–water partition coefficient (Wildman–Crippen LogP) is 2.12. The number of alkyl halides is 3. The summed E-state index contributed by atoms with van der Waals surface area (Å²) in [6.07, 6.45) is -4.46. The van der Waals surface area contributed by atoms with E-state index in [4.69, 9.17) is 0 Å². The van der Waals surface area contributed by atoms with E-state index in [1.807, 2.05) is 0 Å². The maximum absolute atomic E-state index is 13.6. The van der Waals surface area contributed by atoms with Gasteiger partial charge in [0, 0.05) is 32.7 Å². The molecule has 2 N–H and O–H groups in total. The molecule has 136 valence electrons. The van der Waals surface area contributed by atoms with E-state index in [1.54, 1.807) is 6.92 Å². The molecule has 0 radical (unpaired) electrons. The lowest BCUT2D eigenvalue weighted by Crippen LogP contribution is -2.57. The average Bonchev–Trinajstić information content (AvgIpc) is 2.49. The summed E-state index contributed by atoms with van der Waals surface area (Å²) in [6, 6.07) is 2.16. The number of carbonyl (C=O) groups excluding carboxylic acids is 1. The van der Waals surface area contributed by atoms with Crippen LogP contribution in [0.5, 0.6) is 0 Å². The van der Waals surface area contributed by atoms with Gasteiger partial charge in [-0.05, 0) is 19.1 Å². The van der Waals surface area contributed by atoms with Crippen molar-refractivity contribution in [3.05, 3.63) is 35.1 Å². The van der Waals surface area contributed by atoms with Crippen LogP contribution >= 0.6 is 12.4 Å². The van der Waals surface area contributed by atoms with Gasteiger partial charge in [0.25, 0.3) is 5.91 Å². The van der Waals surface area contributed by atoms with Gasteiger partial charge < -0.3 is 10.6 Å². The van der Waals surface area contributed by atoms with Crippen LogP contribution in [0.15, 0.2) is 18.2 Å². The van der Waals surface area contributed by atoms with Gasteiger partial charge in [-0.15, -0.1) is 12.4 Å². The van der Waals surface area contributed by atoms with E-state index in [0.717, 1.165) is 6.07 Å². The van der Waals surface area contributed by atoms with Crippen LogP contribution < -0.4 is 10.6 Å². The van der Waals surface area contributed by atoms with E-state index in [-0.39, 0.29) is 31.1 Å². The molecule has 1 fully saturated rings. The highest BCUT2D eigenvalue weighted by Crippen LogP contribution is 2.25. The molecule has 1 aliphatic rings. The molecule has 1 aromatic carbocycles. The predicted molar refractivity (Wildman–Crippen MR) is 85.0 cm³/mol. The van der Waals surface area contributed by atoms with Gasteiger partial charge in [-0.1, -0.05) is 11.6 Å². The first-order chi connectivity index (χ1) is 10.8. The lowest BCUT2D eigenvalue weighted by molar-refractivity contribution is -0.183. The molecule has 1 atom stereocenters. The zero-order valence-corrected chi connectivity index (χ0v) is 13.9. The minimum atomic E-state index is -4.46. The third-order valence-corrected chi connectivity index (χ3v) is 3.79. The number of nitrogens with one attached hydrogen (secondary N) is 2. The number of carbonyl (C=O) groups is 1. The summed E-state index contributed by atoms with van der Waals surface area (Å²) in [6.45, 7) is 2.50. The molecule has 4 nitrogen and oxygen atoms in total. The Morgan fingerprint density at radius 3 is 2.54 bits per heavy atom. The van der Waals surface area contributed by atoms with E-state index in [1.165, 1.54) is 17.0 Å². The van der Waals surface area contributed by atoms with Gasteiger partial charge in [-0.25, -0.2) is 4.39 Å². The van der Waals surface area contributed by atoms with Gasteiger partial charge in [0.1, 0.15) is 11.9 Å². The number of hydrogen-bond acceptors (Lipinski definition) is 3. The van der Waals surface area contributed by atoms with Gasteiger partial charge in [0.2, 0.25) is 0 Å². The molecule has 0 aromatic heterocycles. The first-order valence-electron chi connectivity index (χ1n) is 7.35. The third-order valence-electron chi connectivity index (χ3n) is 3.79. The van der Waals surface area contributed by atoms with Crippen molar-refractivity contribution < 1.29 is 22.4 Å². The topological polar surface area (TPSA) is 44.4 Å². The molecule has 0 aliphatic carbocycles. The number of nitrogens with zero attached hydrogens (tertiary/aromatic N) is 1. The van der Waals surface area contributed by atoms with Gasteiger partial charge in [0.05, 0.1) is 5.56 Å². The van der Waals surface area contributed by atoms with Gasteiger partial charge in [-0.2, -0.15) is 13.2 Å². The molecule has 0 spiro atoms. The molecule has 9 heteroatoms. The van der Waals surface area contributed by atoms with E-state index in [9.17, 15) is 22.4 Å². The van der Waals surface area contributed by atoms with E-state index in [0.29, 0.717) is 18.7 Å². The van der Waals surface area contributed by atoms with Crippen molar-refractivity contribution in [2.24, 2.45) is 0 Å². The van der Waals surface area contributed by atoms with Gasteiger partial charge in [-0.3, -0.25) is 9.69 Å². The summed E-state index contributed by atoms with van der Waals surface area (Å²) in [4.78, 5) is 13.3. The highest BCUT2D eigenvalue weighted by Gasteiger charge is 2.43. The Balaban J connectivity index is 0.00000288. The van der Waals surface area contributed by atoms with Crippen molar-refractivity contribution >= 4 is 18.3 Å². The molecule has 1 unspecified atom stereocenters. The van der Waals surface area contributed by atoms with Crippen LogP contribution in [0.4, 0.5) is 17.6 Å². The highest BCUT2D eigenvalue weighted by atomic mass is 35.5. The Hall–Kier alpha value is -1.38. The monoisotopic (exact) mass is 369 g/mol. The molecule has 1 heterocycles. The van der Waals surface area contributed by atoms with E-state index < -0.39 is 30.5 Å². The number of rotatable bonds is 4. The van der Waals surface area contributed by atoms with Crippen LogP contribution in [0, 0.1) is 12.7 Å². The van der Waals surface area contributed by atoms with Crippen molar-refractivity contribution in [3.8, 4) is 0 Å². The first kappa shape index (κ1) is 20.7. The molecular weight excluding hydrogens is 350 g/mol. The number of hydrogen-bond donors (Lipinski definition) is 2. The Bertz CT molecular complexity index is 562. The van der Waals surface area contributed by atoms with Crippen LogP contribution in [0.3, 0.4) is 0 Å². The van der Waals surface area contributed by atoms with Crippen LogP contribution in [0.2, 0.25) is 0 Å². The van der Waals surface area contributed by atoms with Crippen molar-refractivity contribution in [1.29, 1.82) is 0 Å². The summed E-state index contributed by atoms with van der Waals surface area (Å²) < 4.78 is 53.3. The van der Waals surface area contributed by atoms with Crippen molar-refractivity contribution in [3.63, 3.8) is 0 Å². The minimum Gasteiger partial charge on any atom is -0.350 e. The number of piperazine rings is 1. The van der Waals surface area contributed by atoms with Crippen molar-refractivity contribution in [2.45, 2.75) is 19.1 Å².